The minimum Gasteiger partial charge on any atom is -0.106 e. The molecule has 0 saturated heterocycles. The van der Waals surface area contributed by atoms with Crippen molar-refractivity contribution >= 4 is 0 Å². The van der Waals surface area contributed by atoms with Crippen LogP contribution in [0.1, 0.15) is 39.7 Å². The zero-order valence-electron chi connectivity index (χ0n) is 10.5. The highest BCUT2D eigenvalue weighted by atomic mass is 13.8. The van der Waals surface area contributed by atoms with E-state index in [9.17, 15) is 0 Å². The molecule has 0 aliphatic heterocycles. The third-order valence-corrected chi connectivity index (χ3v) is 0.940. The van der Waals surface area contributed by atoms with E-state index < -0.39 is 0 Å². The number of rotatable bonds is 0. The monoisotopic (exact) mass is 194 g/mol. The van der Waals surface area contributed by atoms with Crippen molar-refractivity contribution in [3.05, 3.63) is 49.1 Å². The van der Waals surface area contributed by atoms with Crippen molar-refractivity contribution in [2.45, 2.75) is 41.0 Å². The Balaban J connectivity index is -0.000000148. The third kappa shape index (κ3) is 22.4. The maximum absolute atomic E-state index is 3.00. The molecule has 0 N–H and O–H groups in total. The van der Waals surface area contributed by atoms with Gasteiger partial charge in [0.15, 0.2) is 0 Å². The van der Waals surface area contributed by atoms with Gasteiger partial charge < -0.3 is 0 Å². The van der Waals surface area contributed by atoms with Crippen molar-refractivity contribution in [2.24, 2.45) is 0 Å². The van der Waals surface area contributed by atoms with Crippen LogP contribution < -0.4 is 0 Å². The molecule has 0 saturated carbocycles. The summed E-state index contributed by atoms with van der Waals surface area (Å²) in [6.45, 7) is 16.3. The Bertz CT molecular complexity index is 153. The second kappa shape index (κ2) is 22.7. The fourth-order valence-corrected chi connectivity index (χ4v) is 0.534. The predicted octanol–water partition coefficient (Wildman–Crippen LogP) is 5.24. The summed E-state index contributed by atoms with van der Waals surface area (Å²) in [5.74, 6) is 0. The van der Waals surface area contributed by atoms with Gasteiger partial charge in [-0.3, -0.25) is 0 Å². The van der Waals surface area contributed by atoms with E-state index in [1.54, 1.807) is 0 Å². The molecular formula is C14H26. The van der Waals surface area contributed by atoms with Crippen molar-refractivity contribution in [1.29, 1.82) is 0 Å². The molecule has 1 rings (SSSR count). The molecule has 0 nitrogen and oxygen atoms in total. The molecule has 0 aliphatic rings. The largest absolute Gasteiger partial charge is 0.106 e. The summed E-state index contributed by atoms with van der Waals surface area (Å²) in [5, 5.41) is 0. The predicted molar refractivity (Wildman–Crippen MR) is 69.7 cm³/mol. The number of hydrogen-bond donors (Lipinski definition) is 0. The number of aryl methyl sites for hydroxylation is 1. The lowest BCUT2D eigenvalue weighted by Crippen LogP contribution is -1.62. The molecule has 0 fully saturated rings. The Morgan fingerprint density at radius 2 is 1.21 bits per heavy atom. The second-order valence-corrected chi connectivity index (χ2v) is 2.36. The summed E-state index contributed by atoms with van der Waals surface area (Å²) >= 11 is 0. The third-order valence-electron chi connectivity index (χ3n) is 0.940. The summed E-state index contributed by atoms with van der Waals surface area (Å²) in [6.07, 6.45) is 1.25. The highest BCUT2D eigenvalue weighted by Gasteiger charge is 1.72. The van der Waals surface area contributed by atoms with Gasteiger partial charge in [-0.2, -0.15) is 0 Å². The first-order chi connectivity index (χ1) is 6.81. The fourth-order valence-electron chi connectivity index (χ4n) is 0.534. The summed E-state index contributed by atoms with van der Waals surface area (Å²) < 4.78 is 0. The van der Waals surface area contributed by atoms with Crippen LogP contribution in [0.5, 0.6) is 0 Å². The molecule has 0 heterocycles. The topological polar surface area (TPSA) is 0 Å². The van der Waals surface area contributed by atoms with Crippen LogP contribution in [0, 0.1) is 6.92 Å². The molecule has 0 unspecified atom stereocenters. The Morgan fingerprint density at radius 1 is 0.929 bits per heavy atom. The first-order valence-corrected chi connectivity index (χ1v) is 5.32. The van der Waals surface area contributed by atoms with E-state index in [-0.39, 0.29) is 0 Å². The van der Waals surface area contributed by atoms with Crippen LogP contribution in [0.2, 0.25) is 0 Å². The maximum atomic E-state index is 3.00. The quantitative estimate of drug-likeness (QED) is 0.495. The van der Waals surface area contributed by atoms with Crippen LogP contribution in [-0.2, 0) is 0 Å². The number of hydrogen-bond acceptors (Lipinski definition) is 0. The fraction of sp³-hybridized carbons (Fsp3) is 0.429. The van der Waals surface area contributed by atoms with Gasteiger partial charge in [-0.1, -0.05) is 70.0 Å². The Hall–Kier alpha value is -1.04. The van der Waals surface area contributed by atoms with Crippen LogP contribution in [0.3, 0.4) is 0 Å². The molecule has 0 atom stereocenters. The zero-order chi connectivity index (χ0) is 11.8. The Kier molecular flexibility index (Phi) is 30.3. The highest BCUT2D eigenvalue weighted by Crippen LogP contribution is 1.92. The molecule has 0 radical (unpaired) electrons. The van der Waals surface area contributed by atoms with Gasteiger partial charge in [0.05, 0.1) is 0 Å². The van der Waals surface area contributed by atoms with E-state index in [4.69, 9.17) is 0 Å². The van der Waals surface area contributed by atoms with Gasteiger partial charge in [-0.15, -0.1) is 13.2 Å². The van der Waals surface area contributed by atoms with Gasteiger partial charge in [-0.25, -0.2) is 0 Å². The first kappa shape index (κ1) is 18.7. The van der Waals surface area contributed by atoms with Crippen molar-refractivity contribution in [3.8, 4) is 0 Å². The van der Waals surface area contributed by atoms with Gasteiger partial charge >= 0.3 is 0 Å². The molecule has 0 bridgehead atoms. The minimum absolute atomic E-state index is 1.25. The van der Waals surface area contributed by atoms with Gasteiger partial charge in [0, 0.05) is 0 Å². The normalized spacial score (nSPS) is 6.36. The molecule has 1 aromatic carbocycles. The zero-order valence-corrected chi connectivity index (χ0v) is 10.5. The summed E-state index contributed by atoms with van der Waals surface area (Å²) in [5.41, 5.74) is 1.32. The molecular weight excluding hydrogens is 168 g/mol. The molecule has 14 heavy (non-hydrogen) atoms. The summed E-state index contributed by atoms with van der Waals surface area (Å²) in [6, 6.07) is 10.3. The van der Waals surface area contributed by atoms with Crippen LogP contribution >= 0.6 is 0 Å². The van der Waals surface area contributed by atoms with E-state index in [1.165, 1.54) is 12.0 Å². The molecule has 0 heteroatoms. The van der Waals surface area contributed by atoms with E-state index in [2.05, 4.69) is 46.1 Å². The van der Waals surface area contributed by atoms with Crippen LogP contribution in [-0.4, -0.2) is 0 Å². The van der Waals surface area contributed by atoms with E-state index >= 15 is 0 Å². The molecule has 0 aromatic heterocycles. The van der Waals surface area contributed by atoms with Crippen LogP contribution in [0.25, 0.3) is 0 Å². The van der Waals surface area contributed by atoms with E-state index in [0.29, 0.717) is 0 Å². The molecule has 0 spiro atoms. The molecule has 0 amide bonds. The SMILES string of the molecule is C=C.CC.CCC.Cc1ccccc1. The number of benzene rings is 1. The van der Waals surface area contributed by atoms with Crippen molar-refractivity contribution in [3.63, 3.8) is 0 Å². The van der Waals surface area contributed by atoms with Gasteiger partial charge in [0.25, 0.3) is 0 Å². The van der Waals surface area contributed by atoms with Gasteiger partial charge in [0.2, 0.25) is 0 Å². The van der Waals surface area contributed by atoms with Crippen molar-refractivity contribution in [2.75, 3.05) is 0 Å². The lowest BCUT2D eigenvalue weighted by Gasteiger charge is -1.82. The molecule has 1 aromatic rings. The average Bonchev–Trinajstić information content (AvgIpc) is 2.26. The maximum Gasteiger partial charge on any atom is -0.0398 e. The summed E-state index contributed by atoms with van der Waals surface area (Å²) in [7, 11) is 0. The highest BCUT2D eigenvalue weighted by molar-refractivity contribution is 5.11. The lowest BCUT2D eigenvalue weighted by atomic mass is 10.2. The van der Waals surface area contributed by atoms with Gasteiger partial charge in [-0.05, 0) is 6.92 Å². The van der Waals surface area contributed by atoms with Crippen molar-refractivity contribution < 1.29 is 0 Å². The first-order valence-electron chi connectivity index (χ1n) is 5.32. The van der Waals surface area contributed by atoms with E-state index in [0.717, 1.165) is 0 Å². The standard InChI is InChI=1S/C7H8.C3H8.C2H6.C2H4/c1-7-5-3-2-4-6-7;1-3-2;2*1-2/h2-6H,1H3;3H2,1-2H3;1-2H3;1-2H2. The summed E-state index contributed by atoms with van der Waals surface area (Å²) in [4.78, 5) is 0. The Morgan fingerprint density at radius 3 is 1.36 bits per heavy atom. The smallest absolute Gasteiger partial charge is 0.0398 e. The minimum atomic E-state index is 1.25. The Labute approximate surface area is 90.7 Å². The molecule has 0 aliphatic carbocycles. The molecule has 82 valence electrons. The van der Waals surface area contributed by atoms with Gasteiger partial charge in [0.1, 0.15) is 0 Å². The van der Waals surface area contributed by atoms with Crippen LogP contribution in [0.15, 0.2) is 43.5 Å². The van der Waals surface area contributed by atoms with E-state index in [1.807, 2.05) is 32.0 Å². The van der Waals surface area contributed by atoms with Crippen molar-refractivity contribution in [1.82, 2.24) is 0 Å². The van der Waals surface area contributed by atoms with Crippen LogP contribution in [0.4, 0.5) is 0 Å². The second-order valence-electron chi connectivity index (χ2n) is 2.36. The lowest BCUT2D eigenvalue weighted by molar-refractivity contribution is 1.09. The average molecular weight is 194 g/mol.